The molecule has 0 aliphatic carbocycles. The first-order valence-corrected chi connectivity index (χ1v) is 7.53. The zero-order valence-corrected chi connectivity index (χ0v) is 13.0. The van der Waals surface area contributed by atoms with Gasteiger partial charge in [-0.1, -0.05) is 12.1 Å². The van der Waals surface area contributed by atoms with E-state index in [-0.39, 0.29) is 11.5 Å². The molecule has 0 spiro atoms. The highest BCUT2D eigenvalue weighted by molar-refractivity contribution is 7.18. The Kier molecular flexibility index (Phi) is 3.77. The standard InChI is InChI=1S/C16H14N2O3S/c1-10-7-13-14(22-10)17-9-18(15(13)19)8-11-3-5-12(6-4-11)16(20)21-2/h3-7,9H,8H2,1-2H3. The molecular formula is C16H14N2O3S. The maximum absolute atomic E-state index is 12.4. The molecule has 0 fully saturated rings. The number of benzene rings is 1. The molecule has 0 aliphatic heterocycles. The van der Waals surface area contributed by atoms with Gasteiger partial charge in [-0.05, 0) is 30.7 Å². The van der Waals surface area contributed by atoms with Gasteiger partial charge in [-0.3, -0.25) is 9.36 Å². The van der Waals surface area contributed by atoms with Crippen molar-refractivity contribution in [3.63, 3.8) is 0 Å². The van der Waals surface area contributed by atoms with Gasteiger partial charge in [0.15, 0.2) is 0 Å². The molecule has 6 heteroatoms. The smallest absolute Gasteiger partial charge is 0.337 e. The van der Waals surface area contributed by atoms with Crippen molar-refractivity contribution in [2.45, 2.75) is 13.5 Å². The molecule has 0 atom stereocenters. The maximum atomic E-state index is 12.4. The lowest BCUT2D eigenvalue weighted by Crippen LogP contribution is -2.20. The molecule has 2 aromatic heterocycles. The van der Waals surface area contributed by atoms with E-state index in [2.05, 4.69) is 9.72 Å². The molecule has 3 aromatic rings. The number of rotatable bonds is 3. The second-order valence-corrected chi connectivity index (χ2v) is 6.18. The Morgan fingerprint density at radius 3 is 2.73 bits per heavy atom. The van der Waals surface area contributed by atoms with E-state index >= 15 is 0 Å². The van der Waals surface area contributed by atoms with Crippen molar-refractivity contribution in [1.82, 2.24) is 9.55 Å². The highest BCUT2D eigenvalue weighted by Crippen LogP contribution is 2.19. The topological polar surface area (TPSA) is 61.2 Å². The van der Waals surface area contributed by atoms with Crippen molar-refractivity contribution in [3.05, 3.63) is 63.0 Å². The fourth-order valence-corrected chi connectivity index (χ4v) is 3.09. The summed E-state index contributed by atoms with van der Waals surface area (Å²) in [5, 5.41) is 0.649. The number of fused-ring (bicyclic) bond motifs is 1. The summed E-state index contributed by atoms with van der Waals surface area (Å²) in [6.45, 7) is 2.37. The Bertz CT molecular complexity index is 894. The van der Waals surface area contributed by atoms with Crippen LogP contribution >= 0.6 is 11.3 Å². The highest BCUT2D eigenvalue weighted by Gasteiger charge is 2.08. The molecule has 0 bridgehead atoms. The van der Waals surface area contributed by atoms with E-state index in [1.54, 1.807) is 23.0 Å². The normalized spacial score (nSPS) is 10.8. The van der Waals surface area contributed by atoms with Crippen LogP contribution in [0.1, 0.15) is 20.8 Å². The van der Waals surface area contributed by atoms with Gasteiger partial charge in [-0.25, -0.2) is 9.78 Å². The van der Waals surface area contributed by atoms with Crippen molar-refractivity contribution >= 4 is 27.5 Å². The summed E-state index contributed by atoms with van der Waals surface area (Å²) < 4.78 is 6.23. The summed E-state index contributed by atoms with van der Waals surface area (Å²) in [5.74, 6) is -0.374. The molecule has 0 radical (unpaired) electrons. The average Bonchev–Trinajstić information content (AvgIpc) is 2.91. The molecule has 2 heterocycles. The van der Waals surface area contributed by atoms with Gasteiger partial charge in [0.05, 0.1) is 30.9 Å². The number of aryl methyl sites for hydroxylation is 1. The van der Waals surface area contributed by atoms with Crippen LogP contribution in [0, 0.1) is 6.92 Å². The summed E-state index contributed by atoms with van der Waals surface area (Å²) in [7, 11) is 1.35. The van der Waals surface area contributed by atoms with Gasteiger partial charge in [0.25, 0.3) is 5.56 Å². The van der Waals surface area contributed by atoms with Crippen LogP contribution in [0.25, 0.3) is 10.2 Å². The summed E-state index contributed by atoms with van der Waals surface area (Å²) >= 11 is 1.51. The van der Waals surface area contributed by atoms with Gasteiger partial charge in [-0.2, -0.15) is 0 Å². The largest absolute Gasteiger partial charge is 0.465 e. The number of carbonyl (C=O) groups is 1. The molecule has 0 amide bonds. The van der Waals surface area contributed by atoms with Gasteiger partial charge in [0, 0.05) is 4.88 Å². The van der Waals surface area contributed by atoms with E-state index in [1.807, 2.05) is 25.1 Å². The quantitative estimate of drug-likeness (QED) is 0.697. The van der Waals surface area contributed by atoms with E-state index in [4.69, 9.17) is 0 Å². The lowest BCUT2D eigenvalue weighted by molar-refractivity contribution is 0.0600. The molecule has 1 aromatic carbocycles. The number of methoxy groups -OCH3 is 1. The predicted molar refractivity (Wildman–Crippen MR) is 85.5 cm³/mol. The van der Waals surface area contributed by atoms with Gasteiger partial charge in [0.2, 0.25) is 0 Å². The van der Waals surface area contributed by atoms with Gasteiger partial charge >= 0.3 is 5.97 Å². The fourth-order valence-electron chi connectivity index (χ4n) is 2.25. The lowest BCUT2D eigenvalue weighted by Gasteiger charge is -2.06. The molecule has 0 N–H and O–H groups in total. The van der Waals surface area contributed by atoms with Crippen LogP contribution in [0.2, 0.25) is 0 Å². The zero-order valence-electron chi connectivity index (χ0n) is 12.2. The van der Waals surface area contributed by atoms with E-state index in [9.17, 15) is 9.59 Å². The van der Waals surface area contributed by atoms with Gasteiger partial charge in [-0.15, -0.1) is 11.3 Å². The molecule has 0 saturated carbocycles. The van der Waals surface area contributed by atoms with E-state index < -0.39 is 0 Å². The number of carbonyl (C=O) groups excluding carboxylic acids is 1. The molecule has 0 aliphatic rings. The average molecular weight is 314 g/mol. The minimum atomic E-state index is -0.374. The number of aromatic nitrogens is 2. The fraction of sp³-hybridized carbons (Fsp3) is 0.188. The monoisotopic (exact) mass is 314 g/mol. The van der Waals surface area contributed by atoms with Crippen LogP contribution in [0.3, 0.4) is 0 Å². The minimum absolute atomic E-state index is 0.0496. The molecule has 0 saturated heterocycles. The summed E-state index contributed by atoms with van der Waals surface area (Å²) in [6, 6.07) is 8.86. The van der Waals surface area contributed by atoms with E-state index in [0.29, 0.717) is 17.5 Å². The third-order valence-corrected chi connectivity index (χ3v) is 4.33. The molecule has 112 valence electrons. The SMILES string of the molecule is COC(=O)c1ccc(Cn2cnc3sc(C)cc3c2=O)cc1. The van der Waals surface area contributed by atoms with Crippen molar-refractivity contribution in [2.24, 2.45) is 0 Å². The second-order valence-electron chi connectivity index (χ2n) is 4.94. The third-order valence-electron chi connectivity index (χ3n) is 3.37. The third kappa shape index (κ3) is 2.65. The molecule has 3 rings (SSSR count). The molecule has 0 unspecified atom stereocenters. The summed E-state index contributed by atoms with van der Waals surface area (Å²) in [6.07, 6.45) is 1.56. The lowest BCUT2D eigenvalue weighted by atomic mass is 10.1. The zero-order chi connectivity index (χ0) is 15.7. The Hall–Kier alpha value is -2.47. The van der Waals surface area contributed by atoms with Crippen LogP contribution in [-0.4, -0.2) is 22.6 Å². The molecule has 22 heavy (non-hydrogen) atoms. The number of esters is 1. The first kappa shape index (κ1) is 14.5. The van der Waals surface area contributed by atoms with Gasteiger partial charge < -0.3 is 4.74 Å². The summed E-state index contributed by atoms with van der Waals surface area (Å²) in [5.41, 5.74) is 1.36. The first-order valence-electron chi connectivity index (χ1n) is 6.71. The number of hydrogen-bond acceptors (Lipinski definition) is 5. The van der Waals surface area contributed by atoms with Crippen LogP contribution in [0.15, 0.2) is 41.5 Å². The first-order chi connectivity index (χ1) is 10.6. The van der Waals surface area contributed by atoms with E-state index in [0.717, 1.165) is 15.3 Å². The Labute approximate surface area is 130 Å². The van der Waals surface area contributed by atoms with Crippen LogP contribution in [0.5, 0.6) is 0 Å². The Balaban J connectivity index is 1.91. The Morgan fingerprint density at radius 1 is 1.32 bits per heavy atom. The summed E-state index contributed by atoms with van der Waals surface area (Å²) in [4.78, 5) is 30.0. The van der Waals surface area contributed by atoms with Crippen LogP contribution in [-0.2, 0) is 11.3 Å². The molecular weight excluding hydrogens is 300 g/mol. The van der Waals surface area contributed by atoms with Gasteiger partial charge in [0.1, 0.15) is 4.83 Å². The van der Waals surface area contributed by atoms with Crippen molar-refractivity contribution in [1.29, 1.82) is 0 Å². The number of thiophene rings is 1. The van der Waals surface area contributed by atoms with Crippen molar-refractivity contribution in [2.75, 3.05) is 7.11 Å². The van der Waals surface area contributed by atoms with Crippen molar-refractivity contribution < 1.29 is 9.53 Å². The number of hydrogen-bond donors (Lipinski definition) is 0. The Morgan fingerprint density at radius 2 is 2.05 bits per heavy atom. The van der Waals surface area contributed by atoms with Crippen LogP contribution < -0.4 is 5.56 Å². The second kappa shape index (κ2) is 5.73. The highest BCUT2D eigenvalue weighted by atomic mass is 32.1. The predicted octanol–water partition coefficient (Wildman–Crippen LogP) is 2.60. The van der Waals surface area contributed by atoms with Crippen molar-refractivity contribution in [3.8, 4) is 0 Å². The van der Waals surface area contributed by atoms with Crippen LogP contribution in [0.4, 0.5) is 0 Å². The van der Waals surface area contributed by atoms with E-state index in [1.165, 1.54) is 18.4 Å². The number of nitrogens with zero attached hydrogens (tertiary/aromatic N) is 2. The number of ether oxygens (including phenoxy) is 1. The minimum Gasteiger partial charge on any atom is -0.465 e. The molecule has 5 nitrogen and oxygen atoms in total. The maximum Gasteiger partial charge on any atom is 0.337 e.